The average Bonchev–Trinajstić information content (AvgIpc) is 3.07. The van der Waals surface area contributed by atoms with E-state index in [2.05, 4.69) is 9.98 Å². The van der Waals surface area contributed by atoms with Gasteiger partial charge in [0, 0.05) is 35.3 Å². The lowest BCUT2D eigenvalue weighted by molar-refractivity contribution is -0.114. The lowest BCUT2D eigenvalue weighted by Crippen LogP contribution is -2.39. The van der Waals surface area contributed by atoms with Crippen LogP contribution in [0.2, 0.25) is 0 Å². The number of ketones is 1. The number of allylic oxidation sites excluding steroid dienone is 2. The van der Waals surface area contributed by atoms with Gasteiger partial charge in [-0.3, -0.25) is 19.1 Å². The number of pyridine rings is 1. The van der Waals surface area contributed by atoms with Crippen LogP contribution >= 0.6 is 11.3 Å². The van der Waals surface area contributed by atoms with E-state index in [1.54, 1.807) is 56.3 Å². The van der Waals surface area contributed by atoms with Crippen molar-refractivity contribution < 1.29 is 14.3 Å². The van der Waals surface area contributed by atoms with E-state index in [-0.39, 0.29) is 11.3 Å². The quantitative estimate of drug-likeness (QED) is 0.614. The van der Waals surface area contributed by atoms with Gasteiger partial charge in [0.15, 0.2) is 10.6 Å². The Kier molecular flexibility index (Phi) is 5.56. The largest absolute Gasteiger partial charge is 0.497 e. The maximum Gasteiger partial charge on any atom is 0.271 e. The Morgan fingerprint density at radius 1 is 1.23 bits per heavy atom. The predicted molar refractivity (Wildman–Crippen MR) is 118 cm³/mol. The minimum Gasteiger partial charge on any atom is -0.497 e. The summed E-state index contributed by atoms with van der Waals surface area (Å²) in [5.41, 5.74) is 2.33. The molecule has 0 saturated heterocycles. The van der Waals surface area contributed by atoms with Crippen molar-refractivity contribution in [3.05, 3.63) is 84.8 Å². The molecule has 4 rings (SSSR count). The highest BCUT2D eigenvalue weighted by atomic mass is 32.1. The minimum atomic E-state index is -0.648. The molecule has 1 aliphatic heterocycles. The monoisotopic (exact) mass is 435 g/mol. The molecule has 0 N–H and O–H groups in total. The van der Waals surface area contributed by atoms with Gasteiger partial charge in [0.05, 0.1) is 24.8 Å². The fourth-order valence-electron chi connectivity index (χ4n) is 3.72. The molecule has 0 unspecified atom stereocenters. The summed E-state index contributed by atoms with van der Waals surface area (Å²) in [5, 5.41) is 0. The van der Waals surface area contributed by atoms with Crippen LogP contribution in [-0.2, 0) is 4.79 Å². The van der Waals surface area contributed by atoms with Gasteiger partial charge in [-0.15, -0.1) is 0 Å². The minimum absolute atomic E-state index is 0.148. The maximum atomic E-state index is 13.5. The molecular formula is C23H21N3O4S. The summed E-state index contributed by atoms with van der Waals surface area (Å²) in [6.07, 6.45) is 5.15. The second kappa shape index (κ2) is 8.31. The Morgan fingerprint density at radius 2 is 2.03 bits per heavy atom. The van der Waals surface area contributed by atoms with E-state index in [1.165, 1.54) is 18.3 Å². The van der Waals surface area contributed by atoms with E-state index in [9.17, 15) is 9.59 Å². The van der Waals surface area contributed by atoms with Gasteiger partial charge in [-0.1, -0.05) is 17.4 Å². The number of Topliss-reactive ketones (excluding diaryl/α,β-unsaturated/α-hetero) is 1. The third kappa shape index (κ3) is 3.70. The van der Waals surface area contributed by atoms with E-state index in [4.69, 9.17) is 9.47 Å². The molecule has 1 aromatic carbocycles. The molecular weight excluding hydrogens is 414 g/mol. The van der Waals surface area contributed by atoms with Crippen molar-refractivity contribution in [3.8, 4) is 11.5 Å². The zero-order valence-electron chi connectivity index (χ0n) is 17.6. The maximum absolute atomic E-state index is 13.5. The first-order valence-electron chi connectivity index (χ1n) is 9.60. The molecule has 0 amide bonds. The second-order valence-corrected chi connectivity index (χ2v) is 8.04. The molecule has 31 heavy (non-hydrogen) atoms. The number of fused-ring (bicyclic) bond motifs is 1. The number of aromatic nitrogens is 2. The van der Waals surface area contributed by atoms with Gasteiger partial charge in [-0.2, -0.15) is 0 Å². The van der Waals surface area contributed by atoms with Gasteiger partial charge >= 0.3 is 0 Å². The third-order valence-electron chi connectivity index (χ3n) is 5.12. The van der Waals surface area contributed by atoms with E-state index in [0.717, 1.165) is 5.56 Å². The van der Waals surface area contributed by atoms with Gasteiger partial charge < -0.3 is 9.47 Å². The lowest BCUT2D eigenvalue weighted by atomic mass is 9.92. The van der Waals surface area contributed by atoms with Crippen LogP contribution in [0.4, 0.5) is 0 Å². The average molecular weight is 436 g/mol. The number of methoxy groups -OCH3 is 2. The fourth-order valence-corrected chi connectivity index (χ4v) is 4.77. The Morgan fingerprint density at radius 3 is 2.68 bits per heavy atom. The summed E-state index contributed by atoms with van der Waals surface area (Å²) in [4.78, 5) is 35.3. The van der Waals surface area contributed by atoms with Crippen LogP contribution in [0.25, 0.3) is 6.08 Å². The number of hydrogen-bond acceptors (Lipinski definition) is 7. The number of thiazole rings is 1. The van der Waals surface area contributed by atoms with E-state index < -0.39 is 6.04 Å². The lowest BCUT2D eigenvalue weighted by Gasteiger charge is -2.26. The summed E-state index contributed by atoms with van der Waals surface area (Å²) in [7, 11) is 3.12. The second-order valence-electron chi connectivity index (χ2n) is 7.03. The van der Waals surface area contributed by atoms with Gasteiger partial charge in [0.2, 0.25) is 0 Å². The summed E-state index contributed by atoms with van der Waals surface area (Å²) in [6, 6.07) is 8.39. The van der Waals surface area contributed by atoms with Crippen molar-refractivity contribution in [2.75, 3.05) is 14.2 Å². The highest BCUT2D eigenvalue weighted by Crippen LogP contribution is 2.37. The SMILES string of the molecule is COc1ccc([C@@H]2C(C(C)=O)=C(C)N=c3s/c(=C\c4cccnc4)c(=O)n32)c(OC)c1. The normalized spacial score (nSPS) is 16.0. The van der Waals surface area contributed by atoms with Crippen LogP contribution in [0, 0.1) is 0 Å². The number of nitrogens with zero attached hydrogens (tertiary/aromatic N) is 3. The molecule has 3 aromatic rings. The smallest absolute Gasteiger partial charge is 0.271 e. The molecule has 1 atom stereocenters. The van der Waals surface area contributed by atoms with Crippen molar-refractivity contribution >= 4 is 23.2 Å². The zero-order chi connectivity index (χ0) is 22.1. The molecule has 0 bridgehead atoms. The molecule has 158 valence electrons. The molecule has 2 aromatic heterocycles. The Balaban J connectivity index is 2.01. The molecule has 8 heteroatoms. The van der Waals surface area contributed by atoms with E-state index in [0.29, 0.717) is 37.7 Å². The van der Waals surface area contributed by atoms with Crippen LogP contribution in [0.3, 0.4) is 0 Å². The number of carbonyl (C=O) groups is 1. The van der Waals surface area contributed by atoms with Crippen LogP contribution < -0.4 is 24.4 Å². The molecule has 0 radical (unpaired) electrons. The number of rotatable bonds is 5. The summed E-state index contributed by atoms with van der Waals surface area (Å²) < 4.78 is 13.0. The summed E-state index contributed by atoms with van der Waals surface area (Å²) in [6.45, 7) is 3.28. The number of carbonyl (C=O) groups excluding carboxylic acids is 1. The molecule has 7 nitrogen and oxygen atoms in total. The van der Waals surface area contributed by atoms with Gasteiger partial charge in [-0.05, 0) is 43.7 Å². The summed E-state index contributed by atoms with van der Waals surface area (Å²) >= 11 is 1.28. The van der Waals surface area contributed by atoms with Crippen molar-refractivity contribution in [3.63, 3.8) is 0 Å². The summed E-state index contributed by atoms with van der Waals surface area (Å²) in [5.74, 6) is 1.000. The number of hydrogen-bond donors (Lipinski definition) is 0. The molecule has 1 aliphatic rings. The predicted octanol–water partition coefficient (Wildman–Crippen LogP) is 2.24. The van der Waals surface area contributed by atoms with Gasteiger partial charge in [-0.25, -0.2) is 4.99 Å². The van der Waals surface area contributed by atoms with Crippen molar-refractivity contribution in [2.45, 2.75) is 19.9 Å². The van der Waals surface area contributed by atoms with Crippen LogP contribution in [-0.4, -0.2) is 29.6 Å². The van der Waals surface area contributed by atoms with Crippen molar-refractivity contribution in [1.82, 2.24) is 9.55 Å². The first-order chi connectivity index (χ1) is 14.9. The standard InChI is InChI=1S/C23H21N3O4S/c1-13-20(14(2)27)21(17-8-7-16(29-3)11-18(17)30-4)26-22(28)19(31-23(26)25-13)10-15-6-5-9-24-12-15/h5-12,21H,1-4H3/b19-10-/t21-/m1/s1. The number of ether oxygens (including phenoxy) is 2. The Labute approximate surface area is 182 Å². The highest BCUT2D eigenvalue weighted by molar-refractivity contribution is 7.07. The first-order valence-corrected chi connectivity index (χ1v) is 10.4. The van der Waals surface area contributed by atoms with Crippen LogP contribution in [0.5, 0.6) is 11.5 Å². The fraction of sp³-hybridized carbons (Fsp3) is 0.217. The van der Waals surface area contributed by atoms with E-state index in [1.807, 2.05) is 18.2 Å². The topological polar surface area (TPSA) is 82.8 Å². The Bertz CT molecular complexity index is 1370. The zero-order valence-corrected chi connectivity index (χ0v) is 18.4. The van der Waals surface area contributed by atoms with Crippen LogP contribution in [0.15, 0.2) is 63.8 Å². The van der Waals surface area contributed by atoms with Crippen molar-refractivity contribution in [1.29, 1.82) is 0 Å². The van der Waals surface area contributed by atoms with Gasteiger partial charge in [0.25, 0.3) is 5.56 Å². The van der Waals surface area contributed by atoms with Gasteiger partial charge in [0.1, 0.15) is 11.5 Å². The van der Waals surface area contributed by atoms with E-state index >= 15 is 0 Å². The molecule has 0 aliphatic carbocycles. The molecule has 0 fully saturated rings. The number of benzene rings is 1. The Hall–Kier alpha value is -3.52. The van der Waals surface area contributed by atoms with Crippen molar-refractivity contribution in [2.24, 2.45) is 4.99 Å². The molecule has 0 saturated carbocycles. The van der Waals surface area contributed by atoms with Crippen LogP contribution in [0.1, 0.15) is 31.0 Å². The molecule has 3 heterocycles. The first kappa shape index (κ1) is 20.7. The highest BCUT2D eigenvalue weighted by Gasteiger charge is 2.32. The molecule has 0 spiro atoms. The third-order valence-corrected chi connectivity index (χ3v) is 6.10.